The van der Waals surface area contributed by atoms with E-state index in [1.807, 2.05) is 6.07 Å². The summed E-state index contributed by atoms with van der Waals surface area (Å²) in [5, 5.41) is 12.9. The van der Waals surface area contributed by atoms with Crippen molar-refractivity contribution in [2.24, 2.45) is 7.05 Å². The molecule has 110 valence electrons. The van der Waals surface area contributed by atoms with Crippen LogP contribution in [-0.2, 0) is 17.1 Å². The first-order valence-electron chi connectivity index (χ1n) is 6.28. The van der Waals surface area contributed by atoms with E-state index in [9.17, 15) is 8.42 Å². The van der Waals surface area contributed by atoms with Gasteiger partial charge in [-0.05, 0) is 38.1 Å². The second-order valence-electron chi connectivity index (χ2n) is 4.75. The van der Waals surface area contributed by atoms with Crippen molar-refractivity contribution < 1.29 is 8.42 Å². The molecule has 1 heterocycles. The minimum atomic E-state index is -3.69. The number of sulfonamides is 1. The average molecular weight is 304 g/mol. The van der Waals surface area contributed by atoms with E-state index in [1.54, 1.807) is 49.8 Å². The van der Waals surface area contributed by atoms with Crippen LogP contribution >= 0.6 is 0 Å². The van der Waals surface area contributed by atoms with Gasteiger partial charge in [0.2, 0.25) is 0 Å². The van der Waals surface area contributed by atoms with Gasteiger partial charge < -0.3 is 0 Å². The van der Waals surface area contributed by atoms with Crippen molar-refractivity contribution >= 4 is 15.7 Å². The predicted octanol–water partition coefficient (Wildman–Crippen LogP) is 1.73. The average Bonchev–Trinajstić information content (AvgIpc) is 2.71. The van der Waals surface area contributed by atoms with Crippen LogP contribution in [0.3, 0.4) is 0 Å². The molecular weight excluding hydrogens is 288 g/mol. The molecule has 1 aromatic carbocycles. The fraction of sp³-hybridized carbons (Fsp3) is 0.286. The lowest BCUT2D eigenvalue weighted by molar-refractivity contribution is 0.593. The number of hydrogen-bond donors (Lipinski definition) is 0. The van der Waals surface area contributed by atoms with Crippen molar-refractivity contribution in [1.29, 1.82) is 5.26 Å². The molecule has 1 aromatic heterocycles. The van der Waals surface area contributed by atoms with Crippen LogP contribution in [-0.4, -0.2) is 25.2 Å². The fourth-order valence-electron chi connectivity index (χ4n) is 2.15. The van der Waals surface area contributed by atoms with Crippen LogP contribution in [0, 0.1) is 25.2 Å². The van der Waals surface area contributed by atoms with Crippen molar-refractivity contribution in [3.05, 3.63) is 41.2 Å². The minimum Gasteiger partial charge on any atom is -0.271 e. The molecule has 0 unspecified atom stereocenters. The lowest BCUT2D eigenvalue weighted by Gasteiger charge is -2.19. The summed E-state index contributed by atoms with van der Waals surface area (Å²) in [6.07, 6.45) is 0. The van der Waals surface area contributed by atoms with Gasteiger partial charge >= 0.3 is 0 Å². The van der Waals surface area contributed by atoms with E-state index in [4.69, 9.17) is 5.26 Å². The quantitative estimate of drug-likeness (QED) is 0.865. The molecule has 0 spiro atoms. The van der Waals surface area contributed by atoms with E-state index in [0.29, 0.717) is 22.6 Å². The van der Waals surface area contributed by atoms with E-state index in [2.05, 4.69) is 5.10 Å². The molecule has 0 saturated heterocycles. The largest absolute Gasteiger partial charge is 0.271 e. The molecule has 0 saturated carbocycles. The summed E-state index contributed by atoms with van der Waals surface area (Å²) >= 11 is 0. The Bertz CT molecular complexity index is 814. The third-order valence-corrected chi connectivity index (χ3v) is 5.46. The van der Waals surface area contributed by atoms with E-state index in [0.717, 1.165) is 0 Å². The van der Waals surface area contributed by atoms with Crippen molar-refractivity contribution in [2.75, 3.05) is 11.4 Å². The van der Waals surface area contributed by atoms with Crippen LogP contribution < -0.4 is 4.31 Å². The standard InChI is InChI=1S/C14H16N4O2S/c1-10-14(11(2)17(3)16-10)21(19,20)18(4)13-7-5-12(9-15)6-8-13/h5-8H,1-4H3. The third-order valence-electron chi connectivity index (χ3n) is 3.42. The van der Waals surface area contributed by atoms with Gasteiger partial charge in [0, 0.05) is 14.1 Å². The molecule has 0 atom stereocenters. The van der Waals surface area contributed by atoms with E-state index in [-0.39, 0.29) is 4.90 Å². The highest BCUT2D eigenvalue weighted by Gasteiger charge is 2.28. The molecule has 0 aliphatic carbocycles. The maximum absolute atomic E-state index is 12.7. The van der Waals surface area contributed by atoms with Crippen LogP contribution in [0.15, 0.2) is 29.2 Å². The van der Waals surface area contributed by atoms with Gasteiger partial charge in [-0.3, -0.25) is 8.99 Å². The molecule has 0 aliphatic rings. The highest BCUT2D eigenvalue weighted by Crippen LogP contribution is 2.26. The van der Waals surface area contributed by atoms with E-state index >= 15 is 0 Å². The Morgan fingerprint density at radius 1 is 1.24 bits per heavy atom. The Labute approximate surface area is 124 Å². The van der Waals surface area contributed by atoms with Gasteiger partial charge in [0.05, 0.1) is 28.7 Å². The summed E-state index contributed by atoms with van der Waals surface area (Å²) in [6, 6.07) is 8.40. The Morgan fingerprint density at radius 3 is 2.24 bits per heavy atom. The van der Waals surface area contributed by atoms with Gasteiger partial charge in [-0.25, -0.2) is 8.42 Å². The number of benzene rings is 1. The topological polar surface area (TPSA) is 79.0 Å². The Hall–Kier alpha value is -2.33. The molecule has 7 heteroatoms. The monoisotopic (exact) mass is 304 g/mol. The van der Waals surface area contributed by atoms with Gasteiger partial charge in [-0.1, -0.05) is 0 Å². The first kappa shape index (κ1) is 15.1. The maximum atomic E-state index is 12.7. The highest BCUT2D eigenvalue weighted by molar-refractivity contribution is 7.92. The zero-order chi connectivity index (χ0) is 15.8. The van der Waals surface area contributed by atoms with Gasteiger partial charge in [0.25, 0.3) is 10.0 Å². The van der Waals surface area contributed by atoms with Crippen LogP contribution in [0.5, 0.6) is 0 Å². The summed E-state index contributed by atoms with van der Waals surface area (Å²) in [5.74, 6) is 0. The smallest absolute Gasteiger partial charge is 0.267 e. The zero-order valence-electron chi connectivity index (χ0n) is 12.3. The molecule has 0 aliphatic heterocycles. The second-order valence-corrected chi connectivity index (χ2v) is 6.66. The van der Waals surface area contributed by atoms with Gasteiger partial charge in [0.1, 0.15) is 4.90 Å². The number of nitriles is 1. The molecule has 0 fully saturated rings. The van der Waals surface area contributed by atoms with Crippen molar-refractivity contribution in [1.82, 2.24) is 9.78 Å². The van der Waals surface area contributed by atoms with Gasteiger partial charge in [-0.2, -0.15) is 10.4 Å². The van der Waals surface area contributed by atoms with Crippen molar-refractivity contribution in [3.8, 4) is 6.07 Å². The summed E-state index contributed by atoms with van der Waals surface area (Å²) in [6.45, 7) is 3.39. The Kier molecular flexibility index (Phi) is 3.75. The highest BCUT2D eigenvalue weighted by atomic mass is 32.2. The van der Waals surface area contributed by atoms with Crippen LogP contribution in [0.1, 0.15) is 17.0 Å². The SMILES string of the molecule is Cc1nn(C)c(C)c1S(=O)(=O)N(C)c1ccc(C#N)cc1. The lowest BCUT2D eigenvalue weighted by Crippen LogP contribution is -2.27. The summed E-state index contributed by atoms with van der Waals surface area (Å²) in [7, 11) is -0.485. The maximum Gasteiger partial charge on any atom is 0.267 e. The second kappa shape index (κ2) is 5.22. The summed E-state index contributed by atoms with van der Waals surface area (Å²) in [5.41, 5.74) is 2.04. The number of rotatable bonds is 3. The zero-order valence-corrected chi connectivity index (χ0v) is 13.1. The fourth-order valence-corrected chi connectivity index (χ4v) is 3.74. The number of aryl methyl sites for hydroxylation is 2. The summed E-state index contributed by atoms with van der Waals surface area (Å²) < 4.78 is 28.2. The van der Waals surface area contributed by atoms with Crippen molar-refractivity contribution in [3.63, 3.8) is 0 Å². The predicted molar refractivity (Wildman–Crippen MR) is 79.4 cm³/mol. The minimum absolute atomic E-state index is 0.219. The molecule has 0 radical (unpaired) electrons. The first-order valence-corrected chi connectivity index (χ1v) is 7.72. The molecule has 21 heavy (non-hydrogen) atoms. The molecule has 2 aromatic rings. The number of anilines is 1. The molecule has 6 nitrogen and oxygen atoms in total. The van der Waals surface area contributed by atoms with Gasteiger partial charge in [-0.15, -0.1) is 0 Å². The third kappa shape index (κ3) is 2.50. The molecule has 2 rings (SSSR count). The van der Waals surface area contributed by atoms with Gasteiger partial charge in [0.15, 0.2) is 0 Å². The number of nitrogens with zero attached hydrogens (tertiary/aromatic N) is 4. The lowest BCUT2D eigenvalue weighted by atomic mass is 10.2. The normalized spacial score (nSPS) is 11.2. The number of aromatic nitrogens is 2. The Morgan fingerprint density at radius 2 is 1.81 bits per heavy atom. The van der Waals surface area contributed by atoms with Crippen LogP contribution in [0.4, 0.5) is 5.69 Å². The number of hydrogen-bond acceptors (Lipinski definition) is 4. The van der Waals surface area contributed by atoms with E-state index in [1.165, 1.54) is 11.4 Å². The van der Waals surface area contributed by atoms with E-state index < -0.39 is 10.0 Å². The summed E-state index contributed by atoms with van der Waals surface area (Å²) in [4.78, 5) is 0.219. The molecule has 0 amide bonds. The van der Waals surface area contributed by atoms with Crippen LogP contribution in [0.25, 0.3) is 0 Å². The molecular formula is C14H16N4O2S. The first-order chi connectivity index (χ1) is 9.78. The molecule has 0 N–H and O–H groups in total. The molecule has 0 bridgehead atoms. The Balaban J connectivity index is 2.50. The van der Waals surface area contributed by atoms with Crippen molar-refractivity contribution in [2.45, 2.75) is 18.7 Å². The van der Waals surface area contributed by atoms with Crippen LogP contribution in [0.2, 0.25) is 0 Å².